The predicted molar refractivity (Wildman–Crippen MR) is 80.3 cm³/mol. The van der Waals surface area contributed by atoms with E-state index in [4.69, 9.17) is 0 Å². The maximum absolute atomic E-state index is 12.3. The van der Waals surface area contributed by atoms with Gasteiger partial charge < -0.3 is 10.2 Å². The number of benzene rings is 1. The summed E-state index contributed by atoms with van der Waals surface area (Å²) in [6, 6.07) is 6.65. The molecule has 1 heterocycles. The number of piperidine rings is 1. The van der Waals surface area contributed by atoms with Crippen LogP contribution in [0.15, 0.2) is 29.2 Å². The van der Waals surface area contributed by atoms with E-state index in [0.717, 1.165) is 31.7 Å². The second-order valence-electron chi connectivity index (χ2n) is 5.60. The van der Waals surface area contributed by atoms with Crippen LogP contribution in [0.4, 0.5) is 13.2 Å². The van der Waals surface area contributed by atoms with Crippen LogP contribution in [-0.4, -0.2) is 37.1 Å². The molecule has 0 aliphatic carbocycles. The van der Waals surface area contributed by atoms with Gasteiger partial charge in [0.05, 0.1) is 0 Å². The molecule has 21 heavy (non-hydrogen) atoms. The van der Waals surface area contributed by atoms with Gasteiger partial charge in [0.25, 0.3) is 0 Å². The van der Waals surface area contributed by atoms with Crippen molar-refractivity contribution in [1.29, 1.82) is 0 Å². The molecular weight excluding hydrogens is 297 g/mol. The Kier molecular flexibility index (Phi) is 5.96. The first-order valence-corrected chi connectivity index (χ1v) is 7.98. The molecule has 1 unspecified atom stereocenters. The summed E-state index contributed by atoms with van der Waals surface area (Å²) in [5, 5.41) is 3.40. The molecule has 118 valence electrons. The molecule has 0 saturated carbocycles. The fourth-order valence-corrected chi connectivity index (χ4v) is 3.23. The van der Waals surface area contributed by atoms with Gasteiger partial charge in [0, 0.05) is 18.0 Å². The van der Waals surface area contributed by atoms with E-state index >= 15 is 0 Å². The van der Waals surface area contributed by atoms with Crippen molar-refractivity contribution in [3.8, 4) is 0 Å². The third-order valence-electron chi connectivity index (χ3n) is 3.58. The van der Waals surface area contributed by atoms with Gasteiger partial charge in [-0.05, 0) is 68.4 Å². The Balaban J connectivity index is 1.81. The van der Waals surface area contributed by atoms with E-state index in [1.807, 2.05) is 0 Å². The van der Waals surface area contributed by atoms with Crippen LogP contribution in [0, 0.1) is 5.92 Å². The van der Waals surface area contributed by atoms with Gasteiger partial charge in [-0.2, -0.15) is 13.2 Å². The van der Waals surface area contributed by atoms with Crippen molar-refractivity contribution < 1.29 is 13.2 Å². The zero-order valence-corrected chi connectivity index (χ0v) is 12.9. The third kappa shape index (κ3) is 6.28. The van der Waals surface area contributed by atoms with Crippen molar-refractivity contribution in [3.05, 3.63) is 29.8 Å². The molecule has 1 N–H and O–H groups in total. The first-order chi connectivity index (χ1) is 9.92. The Morgan fingerprint density at radius 1 is 1.29 bits per heavy atom. The van der Waals surface area contributed by atoms with Crippen LogP contribution in [-0.2, 0) is 6.54 Å². The molecule has 6 heteroatoms. The lowest BCUT2D eigenvalue weighted by Crippen LogP contribution is -2.36. The molecule has 0 bridgehead atoms. The second-order valence-corrected chi connectivity index (χ2v) is 6.74. The van der Waals surface area contributed by atoms with Crippen LogP contribution in [0.25, 0.3) is 0 Å². The fourth-order valence-electron chi connectivity index (χ4n) is 2.69. The van der Waals surface area contributed by atoms with Gasteiger partial charge >= 0.3 is 5.51 Å². The molecule has 1 aliphatic rings. The zero-order valence-electron chi connectivity index (χ0n) is 12.1. The van der Waals surface area contributed by atoms with E-state index in [1.54, 1.807) is 24.3 Å². The molecule has 2 rings (SSSR count). The molecule has 1 aliphatic heterocycles. The van der Waals surface area contributed by atoms with Crippen LogP contribution in [0.5, 0.6) is 0 Å². The number of rotatable bonds is 5. The summed E-state index contributed by atoms with van der Waals surface area (Å²) < 4.78 is 36.8. The molecule has 1 fully saturated rings. The van der Waals surface area contributed by atoms with E-state index in [9.17, 15) is 13.2 Å². The summed E-state index contributed by atoms with van der Waals surface area (Å²) in [4.78, 5) is 2.48. The van der Waals surface area contributed by atoms with E-state index < -0.39 is 5.51 Å². The van der Waals surface area contributed by atoms with Crippen LogP contribution in [0.3, 0.4) is 0 Å². The standard InChI is InChI=1S/C15H21F3N2S/c1-20(11-13-3-2-8-19-9-13)10-12-4-6-14(7-5-12)21-15(16,17)18/h4-7,13,19H,2-3,8-11H2,1H3. The molecule has 0 aromatic heterocycles. The zero-order chi connectivity index (χ0) is 15.3. The number of nitrogens with zero attached hydrogens (tertiary/aromatic N) is 1. The summed E-state index contributed by atoms with van der Waals surface area (Å²) in [5.74, 6) is 0.670. The summed E-state index contributed by atoms with van der Waals surface area (Å²) >= 11 is -0.0651. The second kappa shape index (κ2) is 7.51. The summed E-state index contributed by atoms with van der Waals surface area (Å²) in [6.07, 6.45) is 2.47. The van der Waals surface area contributed by atoms with Crippen LogP contribution in [0.1, 0.15) is 18.4 Å². The average molecular weight is 318 g/mol. The predicted octanol–water partition coefficient (Wildman–Crippen LogP) is 3.73. The van der Waals surface area contributed by atoms with Gasteiger partial charge in [0.1, 0.15) is 0 Å². The van der Waals surface area contributed by atoms with Crippen LogP contribution >= 0.6 is 11.8 Å². The first kappa shape index (κ1) is 16.6. The van der Waals surface area contributed by atoms with Gasteiger partial charge in [0.2, 0.25) is 0 Å². The van der Waals surface area contributed by atoms with Crippen LogP contribution in [0.2, 0.25) is 0 Å². The van der Waals surface area contributed by atoms with Gasteiger partial charge in [-0.15, -0.1) is 0 Å². The molecule has 2 nitrogen and oxygen atoms in total. The van der Waals surface area contributed by atoms with Gasteiger partial charge in [-0.25, -0.2) is 0 Å². The van der Waals surface area contributed by atoms with Crippen molar-refractivity contribution in [1.82, 2.24) is 10.2 Å². The van der Waals surface area contributed by atoms with Crippen molar-refractivity contribution >= 4 is 11.8 Å². The maximum Gasteiger partial charge on any atom is 0.446 e. The minimum Gasteiger partial charge on any atom is -0.316 e. The molecule has 1 saturated heterocycles. The smallest absolute Gasteiger partial charge is 0.316 e. The SMILES string of the molecule is CN(Cc1ccc(SC(F)(F)F)cc1)CC1CCCNC1. The molecule has 1 aromatic rings. The Labute approximate surface area is 128 Å². The minimum absolute atomic E-state index is 0.0651. The Morgan fingerprint density at radius 2 is 2.00 bits per heavy atom. The van der Waals surface area contributed by atoms with Crippen molar-refractivity contribution in [2.45, 2.75) is 29.8 Å². The molecule has 0 radical (unpaired) electrons. The highest BCUT2D eigenvalue weighted by molar-refractivity contribution is 8.00. The molecule has 1 atom stereocenters. The number of hydrogen-bond acceptors (Lipinski definition) is 3. The lowest BCUT2D eigenvalue weighted by atomic mass is 9.99. The van der Waals surface area contributed by atoms with E-state index in [-0.39, 0.29) is 16.7 Å². The largest absolute Gasteiger partial charge is 0.446 e. The van der Waals surface area contributed by atoms with Gasteiger partial charge in [-0.1, -0.05) is 12.1 Å². The normalized spacial score (nSPS) is 20.0. The highest BCUT2D eigenvalue weighted by Gasteiger charge is 2.29. The van der Waals surface area contributed by atoms with E-state index in [2.05, 4.69) is 17.3 Å². The number of nitrogens with one attached hydrogen (secondary N) is 1. The van der Waals surface area contributed by atoms with Crippen molar-refractivity contribution in [2.24, 2.45) is 5.92 Å². The Hall–Kier alpha value is -0.720. The summed E-state index contributed by atoms with van der Waals surface area (Å²) in [5.41, 5.74) is -3.17. The Bertz CT molecular complexity index is 428. The van der Waals surface area contributed by atoms with E-state index in [1.165, 1.54) is 12.8 Å². The van der Waals surface area contributed by atoms with Crippen LogP contribution < -0.4 is 5.32 Å². The average Bonchev–Trinajstić information content (AvgIpc) is 2.40. The summed E-state index contributed by atoms with van der Waals surface area (Å²) in [7, 11) is 2.06. The topological polar surface area (TPSA) is 15.3 Å². The quantitative estimate of drug-likeness (QED) is 0.833. The highest BCUT2D eigenvalue weighted by atomic mass is 32.2. The Morgan fingerprint density at radius 3 is 2.57 bits per heavy atom. The number of halogens is 3. The lowest BCUT2D eigenvalue weighted by Gasteiger charge is -2.27. The first-order valence-electron chi connectivity index (χ1n) is 7.16. The van der Waals surface area contributed by atoms with Gasteiger partial charge in [-0.3, -0.25) is 0 Å². The maximum atomic E-state index is 12.3. The number of alkyl halides is 3. The van der Waals surface area contributed by atoms with Gasteiger partial charge in [0.15, 0.2) is 0 Å². The number of hydrogen-bond donors (Lipinski definition) is 1. The van der Waals surface area contributed by atoms with Crippen molar-refractivity contribution in [2.75, 3.05) is 26.7 Å². The monoisotopic (exact) mass is 318 g/mol. The molecule has 0 amide bonds. The minimum atomic E-state index is -4.22. The molecule has 1 aromatic carbocycles. The number of thioether (sulfide) groups is 1. The molecule has 0 spiro atoms. The highest BCUT2D eigenvalue weighted by Crippen LogP contribution is 2.36. The van der Waals surface area contributed by atoms with E-state index in [0.29, 0.717) is 5.92 Å². The third-order valence-corrected chi connectivity index (χ3v) is 4.32. The molecular formula is C15H21F3N2S. The fraction of sp³-hybridized carbons (Fsp3) is 0.600. The lowest BCUT2D eigenvalue weighted by molar-refractivity contribution is -0.0328. The van der Waals surface area contributed by atoms with Crippen molar-refractivity contribution in [3.63, 3.8) is 0 Å². The summed E-state index contributed by atoms with van der Waals surface area (Å²) in [6.45, 7) is 3.96.